The van der Waals surface area contributed by atoms with Crippen molar-refractivity contribution in [1.82, 2.24) is 14.8 Å². The van der Waals surface area contributed by atoms with E-state index in [0.29, 0.717) is 0 Å². The van der Waals surface area contributed by atoms with E-state index in [2.05, 4.69) is 56.4 Å². The third kappa shape index (κ3) is 3.88. The van der Waals surface area contributed by atoms with Crippen molar-refractivity contribution in [2.75, 3.05) is 39.3 Å². The summed E-state index contributed by atoms with van der Waals surface area (Å²) < 4.78 is 1.06. The lowest BCUT2D eigenvalue weighted by Crippen LogP contribution is -2.46. The number of rotatable bonds is 4. The van der Waals surface area contributed by atoms with E-state index in [1.165, 1.54) is 5.56 Å². The molecule has 0 aromatic carbocycles. The largest absolute Gasteiger partial charge is 0.395 e. The zero-order valence-electron chi connectivity index (χ0n) is 10.8. The summed E-state index contributed by atoms with van der Waals surface area (Å²) in [6, 6.07) is 4.26. The number of β-amino-alcohol motifs (C(OH)–C–C–N with tert-alkyl or cyclic N) is 1. The third-order valence-corrected chi connectivity index (χ3v) is 4.04. The Morgan fingerprint density at radius 3 is 2.50 bits per heavy atom. The summed E-state index contributed by atoms with van der Waals surface area (Å²) in [5, 5.41) is 8.92. The molecule has 1 fully saturated rings. The van der Waals surface area contributed by atoms with Gasteiger partial charge in [-0.15, -0.1) is 0 Å². The lowest BCUT2D eigenvalue weighted by atomic mass is 10.2. The van der Waals surface area contributed by atoms with Crippen LogP contribution in [0.5, 0.6) is 0 Å². The van der Waals surface area contributed by atoms with E-state index >= 15 is 0 Å². The average molecular weight is 361 g/mol. The van der Waals surface area contributed by atoms with Gasteiger partial charge in [-0.1, -0.05) is 6.07 Å². The van der Waals surface area contributed by atoms with Gasteiger partial charge in [0.05, 0.1) is 6.61 Å². The van der Waals surface area contributed by atoms with Gasteiger partial charge in [-0.25, -0.2) is 4.98 Å². The SMILES string of the molecule is Cc1nc(I)ccc1CN1CCN(CCO)CC1. The Kier molecular flexibility index (Phi) is 5.35. The molecule has 1 N–H and O–H groups in total. The monoisotopic (exact) mass is 361 g/mol. The van der Waals surface area contributed by atoms with Crippen LogP contribution >= 0.6 is 22.6 Å². The fraction of sp³-hybridized carbons (Fsp3) is 0.615. The van der Waals surface area contributed by atoms with Gasteiger partial charge in [0.2, 0.25) is 0 Å². The highest BCUT2D eigenvalue weighted by Gasteiger charge is 2.17. The fourth-order valence-electron chi connectivity index (χ4n) is 2.28. The molecule has 1 aliphatic heterocycles. The standard InChI is InChI=1S/C13H20IN3O/c1-11-12(2-3-13(14)15-11)10-17-6-4-16(5-7-17)8-9-18/h2-3,18H,4-10H2,1H3. The highest BCUT2D eigenvalue weighted by Crippen LogP contribution is 2.13. The number of aliphatic hydroxyl groups excluding tert-OH is 1. The maximum Gasteiger partial charge on any atom is 0.101 e. The summed E-state index contributed by atoms with van der Waals surface area (Å²) in [7, 11) is 0. The Bertz CT molecular complexity index is 392. The summed E-state index contributed by atoms with van der Waals surface area (Å²) in [5.41, 5.74) is 2.46. The van der Waals surface area contributed by atoms with E-state index < -0.39 is 0 Å². The van der Waals surface area contributed by atoms with Crippen molar-refractivity contribution in [3.8, 4) is 0 Å². The molecule has 0 bridgehead atoms. The molecule has 1 saturated heterocycles. The molecule has 1 aromatic rings. The smallest absolute Gasteiger partial charge is 0.101 e. The van der Waals surface area contributed by atoms with Gasteiger partial charge in [0.25, 0.3) is 0 Å². The average Bonchev–Trinajstić information content (AvgIpc) is 2.35. The van der Waals surface area contributed by atoms with Gasteiger partial charge in [-0.05, 0) is 41.1 Å². The second-order valence-corrected chi connectivity index (χ2v) is 5.83. The van der Waals surface area contributed by atoms with Crippen LogP contribution in [-0.2, 0) is 6.54 Å². The van der Waals surface area contributed by atoms with Gasteiger partial charge in [-0.2, -0.15) is 0 Å². The number of halogens is 1. The van der Waals surface area contributed by atoms with Crippen LogP contribution in [0.3, 0.4) is 0 Å². The van der Waals surface area contributed by atoms with Gasteiger partial charge >= 0.3 is 0 Å². The predicted molar refractivity (Wildman–Crippen MR) is 80.5 cm³/mol. The summed E-state index contributed by atoms with van der Waals surface area (Å²) in [6.07, 6.45) is 0. The summed E-state index contributed by atoms with van der Waals surface area (Å²) in [5.74, 6) is 0. The van der Waals surface area contributed by atoms with E-state index in [4.69, 9.17) is 5.11 Å². The molecule has 2 rings (SSSR count). The fourth-order valence-corrected chi connectivity index (χ4v) is 2.82. The lowest BCUT2D eigenvalue weighted by Gasteiger charge is -2.34. The molecule has 0 saturated carbocycles. The number of aryl methyl sites for hydroxylation is 1. The number of piperazine rings is 1. The van der Waals surface area contributed by atoms with Crippen molar-refractivity contribution in [2.24, 2.45) is 0 Å². The lowest BCUT2D eigenvalue weighted by molar-refractivity contribution is 0.108. The molecule has 100 valence electrons. The van der Waals surface area contributed by atoms with Gasteiger partial charge in [-0.3, -0.25) is 9.80 Å². The molecule has 2 heterocycles. The molecule has 1 aromatic heterocycles. The first-order chi connectivity index (χ1) is 8.69. The van der Waals surface area contributed by atoms with E-state index in [1.54, 1.807) is 0 Å². The Morgan fingerprint density at radius 1 is 1.22 bits per heavy atom. The molecule has 0 spiro atoms. The van der Waals surface area contributed by atoms with E-state index in [0.717, 1.165) is 48.7 Å². The molecule has 4 nitrogen and oxygen atoms in total. The Balaban J connectivity index is 1.87. The Morgan fingerprint density at radius 2 is 1.89 bits per heavy atom. The van der Waals surface area contributed by atoms with E-state index in [1.807, 2.05) is 0 Å². The molecular formula is C13H20IN3O. The van der Waals surface area contributed by atoms with Crippen molar-refractivity contribution in [3.63, 3.8) is 0 Å². The second-order valence-electron chi connectivity index (χ2n) is 4.72. The maximum atomic E-state index is 8.92. The highest BCUT2D eigenvalue weighted by molar-refractivity contribution is 14.1. The van der Waals surface area contributed by atoms with Crippen molar-refractivity contribution < 1.29 is 5.11 Å². The van der Waals surface area contributed by atoms with E-state index in [9.17, 15) is 0 Å². The zero-order valence-corrected chi connectivity index (χ0v) is 12.9. The predicted octanol–water partition coefficient (Wildman–Crippen LogP) is 1.10. The summed E-state index contributed by atoms with van der Waals surface area (Å²) >= 11 is 2.25. The first-order valence-electron chi connectivity index (χ1n) is 6.36. The van der Waals surface area contributed by atoms with Gasteiger partial charge in [0, 0.05) is 45.0 Å². The molecule has 0 aliphatic carbocycles. The summed E-state index contributed by atoms with van der Waals surface area (Å²) in [6.45, 7) is 8.39. The minimum Gasteiger partial charge on any atom is -0.395 e. The zero-order chi connectivity index (χ0) is 13.0. The highest BCUT2D eigenvalue weighted by atomic mass is 127. The normalized spacial score (nSPS) is 18.2. The molecule has 0 atom stereocenters. The first kappa shape index (κ1) is 14.2. The van der Waals surface area contributed by atoms with Crippen molar-refractivity contribution >= 4 is 22.6 Å². The van der Waals surface area contributed by atoms with Gasteiger partial charge < -0.3 is 5.11 Å². The number of hydrogen-bond acceptors (Lipinski definition) is 4. The van der Waals surface area contributed by atoms with Gasteiger partial charge in [0.15, 0.2) is 0 Å². The minimum atomic E-state index is 0.264. The maximum absolute atomic E-state index is 8.92. The molecule has 0 radical (unpaired) electrons. The van der Waals surface area contributed by atoms with Crippen molar-refractivity contribution in [3.05, 3.63) is 27.1 Å². The molecular weight excluding hydrogens is 341 g/mol. The third-order valence-electron chi connectivity index (χ3n) is 3.44. The molecule has 0 amide bonds. The van der Waals surface area contributed by atoms with Crippen LogP contribution in [0.1, 0.15) is 11.3 Å². The van der Waals surface area contributed by atoms with Crippen LogP contribution in [0.2, 0.25) is 0 Å². The van der Waals surface area contributed by atoms with Crippen LogP contribution in [0, 0.1) is 10.6 Å². The number of hydrogen-bond donors (Lipinski definition) is 1. The van der Waals surface area contributed by atoms with Crippen LogP contribution in [0.4, 0.5) is 0 Å². The van der Waals surface area contributed by atoms with Crippen molar-refractivity contribution in [1.29, 1.82) is 0 Å². The second kappa shape index (κ2) is 6.79. The van der Waals surface area contributed by atoms with E-state index in [-0.39, 0.29) is 6.61 Å². The number of aliphatic hydroxyl groups is 1. The van der Waals surface area contributed by atoms with Crippen LogP contribution in [0.25, 0.3) is 0 Å². The molecule has 1 aliphatic rings. The number of nitrogens with zero attached hydrogens (tertiary/aromatic N) is 3. The topological polar surface area (TPSA) is 39.6 Å². The first-order valence-corrected chi connectivity index (χ1v) is 7.44. The minimum absolute atomic E-state index is 0.264. The molecule has 5 heteroatoms. The quantitative estimate of drug-likeness (QED) is 0.644. The van der Waals surface area contributed by atoms with Crippen LogP contribution in [-0.4, -0.2) is 59.2 Å². The van der Waals surface area contributed by atoms with Crippen LogP contribution < -0.4 is 0 Å². The molecule has 18 heavy (non-hydrogen) atoms. The summed E-state index contributed by atoms with van der Waals surface area (Å²) in [4.78, 5) is 9.28. The number of aromatic nitrogens is 1. The Hall–Kier alpha value is -0.240. The van der Waals surface area contributed by atoms with Crippen molar-refractivity contribution in [2.45, 2.75) is 13.5 Å². The molecule has 0 unspecified atom stereocenters. The number of pyridine rings is 1. The van der Waals surface area contributed by atoms with Crippen LogP contribution in [0.15, 0.2) is 12.1 Å². The Labute approximate surface area is 122 Å². The van der Waals surface area contributed by atoms with Gasteiger partial charge in [0.1, 0.15) is 3.70 Å².